The van der Waals surface area contributed by atoms with Crippen molar-refractivity contribution in [1.29, 1.82) is 0 Å². The Morgan fingerprint density at radius 3 is 2.76 bits per heavy atom. The van der Waals surface area contributed by atoms with Crippen molar-refractivity contribution in [2.24, 2.45) is 0 Å². The van der Waals surface area contributed by atoms with Crippen LogP contribution in [0.4, 0.5) is 0 Å². The van der Waals surface area contributed by atoms with Gasteiger partial charge in [-0.1, -0.05) is 24.3 Å². The normalized spacial score (nSPS) is 11.3. The predicted octanol–water partition coefficient (Wildman–Crippen LogP) is 3.22. The third kappa shape index (κ3) is 3.61. The first-order chi connectivity index (χ1) is 14.1. The van der Waals surface area contributed by atoms with Gasteiger partial charge < -0.3 is 9.88 Å². The molecule has 0 atom stereocenters. The van der Waals surface area contributed by atoms with Gasteiger partial charge in [-0.2, -0.15) is 0 Å². The number of rotatable bonds is 6. The number of nitrogens with one attached hydrogen (secondary N) is 1. The molecule has 1 amide bonds. The maximum Gasteiger partial charge on any atom is 0.251 e. The maximum atomic E-state index is 12.8. The van der Waals surface area contributed by atoms with E-state index in [1.54, 1.807) is 10.7 Å². The number of aromatic nitrogens is 6. The van der Waals surface area contributed by atoms with Gasteiger partial charge >= 0.3 is 0 Å². The summed E-state index contributed by atoms with van der Waals surface area (Å²) in [6.45, 7) is 7.24. The first-order valence-corrected chi connectivity index (χ1v) is 9.69. The van der Waals surface area contributed by atoms with Crippen LogP contribution in [0.25, 0.3) is 22.4 Å². The second kappa shape index (κ2) is 7.83. The molecule has 2 heterocycles. The van der Waals surface area contributed by atoms with Gasteiger partial charge in [-0.25, -0.2) is 9.67 Å². The Morgan fingerprint density at radius 1 is 1.14 bits per heavy atom. The molecule has 0 aliphatic carbocycles. The van der Waals surface area contributed by atoms with Crippen molar-refractivity contribution in [1.82, 2.24) is 35.1 Å². The van der Waals surface area contributed by atoms with E-state index in [1.807, 2.05) is 56.3 Å². The lowest BCUT2D eigenvalue weighted by molar-refractivity contribution is 0.0949. The molecule has 4 aromatic rings. The molecule has 0 spiro atoms. The van der Waals surface area contributed by atoms with Gasteiger partial charge in [-0.3, -0.25) is 4.79 Å². The van der Waals surface area contributed by atoms with Crippen molar-refractivity contribution in [3.63, 3.8) is 0 Å². The van der Waals surface area contributed by atoms with Gasteiger partial charge in [0.15, 0.2) is 5.82 Å². The van der Waals surface area contributed by atoms with Crippen LogP contribution in [-0.2, 0) is 13.1 Å². The highest BCUT2D eigenvalue weighted by Gasteiger charge is 2.15. The molecule has 0 aliphatic rings. The van der Waals surface area contributed by atoms with Crippen LogP contribution >= 0.6 is 0 Å². The summed E-state index contributed by atoms with van der Waals surface area (Å²) in [5, 5.41) is 14.9. The molecule has 1 N–H and O–H groups in total. The van der Waals surface area contributed by atoms with Crippen LogP contribution in [0, 0.1) is 0 Å². The van der Waals surface area contributed by atoms with Crippen LogP contribution in [0.1, 0.15) is 43.0 Å². The molecule has 0 saturated heterocycles. The van der Waals surface area contributed by atoms with E-state index in [0.717, 1.165) is 29.0 Å². The van der Waals surface area contributed by atoms with E-state index in [-0.39, 0.29) is 11.9 Å². The standard InChI is InChI=1S/C21H23N7O/c1-4-27-18-11-6-5-10-17(18)23-19(27)13-22-21(29)16-9-7-8-15(12-16)20-24-25-26-28(20)14(2)3/h5-12,14H,4,13H2,1-3H3,(H,22,29). The fourth-order valence-electron chi connectivity index (χ4n) is 3.41. The number of hydrogen-bond acceptors (Lipinski definition) is 5. The fourth-order valence-corrected chi connectivity index (χ4v) is 3.41. The van der Waals surface area contributed by atoms with Crippen LogP contribution in [-0.4, -0.2) is 35.7 Å². The van der Waals surface area contributed by atoms with E-state index in [1.165, 1.54) is 0 Å². The number of amides is 1. The molecule has 29 heavy (non-hydrogen) atoms. The van der Waals surface area contributed by atoms with E-state index >= 15 is 0 Å². The number of carbonyl (C=O) groups excluding carboxylic acids is 1. The molecule has 0 fully saturated rings. The maximum absolute atomic E-state index is 12.8. The summed E-state index contributed by atoms with van der Waals surface area (Å²) in [6.07, 6.45) is 0. The zero-order chi connectivity index (χ0) is 20.4. The molecular formula is C21H23N7O. The largest absolute Gasteiger partial charge is 0.345 e. The Bertz CT molecular complexity index is 1160. The fraction of sp³-hybridized carbons (Fsp3) is 0.286. The quantitative estimate of drug-likeness (QED) is 0.547. The Morgan fingerprint density at radius 2 is 1.97 bits per heavy atom. The minimum absolute atomic E-state index is 0.125. The number of fused-ring (bicyclic) bond motifs is 1. The van der Waals surface area contributed by atoms with E-state index < -0.39 is 0 Å². The summed E-state index contributed by atoms with van der Waals surface area (Å²) in [7, 11) is 0. The van der Waals surface area contributed by atoms with Crippen LogP contribution in [0.5, 0.6) is 0 Å². The second-order valence-electron chi connectivity index (χ2n) is 7.07. The summed E-state index contributed by atoms with van der Waals surface area (Å²) in [6, 6.07) is 15.4. The lowest BCUT2D eigenvalue weighted by atomic mass is 10.1. The van der Waals surface area contributed by atoms with Crippen LogP contribution < -0.4 is 5.32 Å². The van der Waals surface area contributed by atoms with E-state index in [9.17, 15) is 4.79 Å². The third-order valence-electron chi connectivity index (χ3n) is 4.82. The van der Waals surface area contributed by atoms with Crippen LogP contribution in [0.2, 0.25) is 0 Å². The minimum Gasteiger partial charge on any atom is -0.345 e. The number of benzene rings is 2. The van der Waals surface area contributed by atoms with Crippen molar-refractivity contribution in [2.45, 2.75) is 39.9 Å². The van der Waals surface area contributed by atoms with Gasteiger partial charge in [-0.15, -0.1) is 5.10 Å². The molecule has 2 aromatic carbocycles. The van der Waals surface area contributed by atoms with Crippen molar-refractivity contribution in [3.8, 4) is 11.4 Å². The summed E-state index contributed by atoms with van der Waals surface area (Å²) in [5.41, 5.74) is 3.36. The first kappa shape index (κ1) is 18.8. The molecule has 0 unspecified atom stereocenters. The second-order valence-corrected chi connectivity index (χ2v) is 7.07. The number of imidazole rings is 1. The summed E-state index contributed by atoms with van der Waals surface area (Å²) in [4.78, 5) is 17.4. The van der Waals surface area contributed by atoms with Gasteiger partial charge in [0, 0.05) is 17.7 Å². The SMILES string of the molecule is CCn1c(CNC(=O)c2cccc(-c3nnnn3C(C)C)c2)nc2ccccc21. The smallest absolute Gasteiger partial charge is 0.251 e. The lowest BCUT2D eigenvalue weighted by Gasteiger charge is -2.10. The molecule has 8 heteroatoms. The first-order valence-electron chi connectivity index (χ1n) is 9.69. The molecule has 0 saturated carbocycles. The Balaban J connectivity index is 1.55. The van der Waals surface area contributed by atoms with Crippen molar-refractivity contribution < 1.29 is 4.79 Å². The van der Waals surface area contributed by atoms with E-state index in [2.05, 4.69) is 37.3 Å². The van der Waals surface area contributed by atoms with E-state index in [4.69, 9.17) is 0 Å². The van der Waals surface area contributed by atoms with Crippen molar-refractivity contribution >= 4 is 16.9 Å². The molecule has 2 aromatic heterocycles. The Hall–Kier alpha value is -3.55. The number of tetrazole rings is 1. The molecule has 148 valence electrons. The summed E-state index contributed by atoms with van der Waals surface area (Å²) in [5.74, 6) is 1.31. The summed E-state index contributed by atoms with van der Waals surface area (Å²) >= 11 is 0. The molecule has 0 bridgehead atoms. The lowest BCUT2D eigenvalue weighted by Crippen LogP contribution is -2.24. The molecule has 0 radical (unpaired) electrons. The highest BCUT2D eigenvalue weighted by molar-refractivity contribution is 5.95. The molecular weight excluding hydrogens is 366 g/mol. The van der Waals surface area contributed by atoms with E-state index in [0.29, 0.717) is 17.9 Å². The van der Waals surface area contributed by atoms with Crippen LogP contribution in [0.3, 0.4) is 0 Å². The highest BCUT2D eigenvalue weighted by atomic mass is 16.1. The van der Waals surface area contributed by atoms with Gasteiger partial charge in [0.05, 0.1) is 23.6 Å². The van der Waals surface area contributed by atoms with Crippen molar-refractivity contribution in [2.75, 3.05) is 0 Å². The zero-order valence-corrected chi connectivity index (χ0v) is 16.7. The van der Waals surface area contributed by atoms with Crippen LogP contribution in [0.15, 0.2) is 48.5 Å². The highest BCUT2D eigenvalue weighted by Crippen LogP contribution is 2.20. The predicted molar refractivity (Wildman–Crippen MR) is 110 cm³/mol. The van der Waals surface area contributed by atoms with Gasteiger partial charge in [0.25, 0.3) is 5.91 Å². The average Bonchev–Trinajstić information content (AvgIpc) is 3.36. The van der Waals surface area contributed by atoms with Crippen molar-refractivity contribution in [3.05, 3.63) is 59.9 Å². The third-order valence-corrected chi connectivity index (χ3v) is 4.82. The number of nitrogens with zero attached hydrogens (tertiary/aromatic N) is 6. The van der Waals surface area contributed by atoms with Gasteiger partial charge in [-0.05, 0) is 55.5 Å². The summed E-state index contributed by atoms with van der Waals surface area (Å²) < 4.78 is 3.85. The topological polar surface area (TPSA) is 90.5 Å². The average molecular weight is 389 g/mol. The number of para-hydroxylation sites is 2. The molecule has 4 rings (SSSR count). The minimum atomic E-state index is -0.162. The monoisotopic (exact) mass is 389 g/mol. The Labute approximate surface area is 168 Å². The molecule has 8 nitrogen and oxygen atoms in total. The number of carbonyl (C=O) groups is 1. The number of hydrogen-bond donors (Lipinski definition) is 1. The Kier molecular flexibility index (Phi) is 5.07. The van der Waals surface area contributed by atoms with Gasteiger partial charge in [0.2, 0.25) is 0 Å². The number of aryl methyl sites for hydroxylation is 1. The zero-order valence-electron chi connectivity index (χ0n) is 16.7. The molecule has 0 aliphatic heterocycles. The van der Waals surface area contributed by atoms with Gasteiger partial charge in [0.1, 0.15) is 5.82 Å².